The van der Waals surface area contributed by atoms with E-state index in [2.05, 4.69) is 30.6 Å². The Bertz CT molecular complexity index is 221. The third-order valence-corrected chi connectivity index (χ3v) is 1.66. The summed E-state index contributed by atoms with van der Waals surface area (Å²) in [5.74, 6) is 0. The molecular formula is C12H19N. The summed E-state index contributed by atoms with van der Waals surface area (Å²) in [6.45, 7) is 12.4. The molecule has 0 fully saturated rings. The molecule has 0 aromatic carbocycles. The number of hydrogen-bond acceptors (Lipinski definition) is 1. The minimum absolute atomic E-state index is 0.981. The molecule has 1 rings (SSSR count). The number of hydrogen-bond donors (Lipinski definition) is 1. The Morgan fingerprint density at radius 3 is 2.54 bits per heavy atom. The van der Waals surface area contributed by atoms with E-state index in [9.17, 15) is 0 Å². The standard InChI is InChI=1S/C10H13N.C2H6/c1-3-9-7-5-6-8-11-10(9)4-2;1-2/h3-5,7,11H,1-2,6,8H2;1-2H3. The van der Waals surface area contributed by atoms with Crippen LogP contribution in [0.4, 0.5) is 0 Å². The van der Waals surface area contributed by atoms with Crippen LogP contribution >= 0.6 is 0 Å². The van der Waals surface area contributed by atoms with Crippen LogP contribution in [0.1, 0.15) is 20.3 Å². The first-order valence-electron chi connectivity index (χ1n) is 4.78. The van der Waals surface area contributed by atoms with Gasteiger partial charge in [-0.1, -0.05) is 45.2 Å². The zero-order valence-corrected chi connectivity index (χ0v) is 8.64. The van der Waals surface area contributed by atoms with Crippen LogP contribution in [-0.4, -0.2) is 6.54 Å². The van der Waals surface area contributed by atoms with Crippen molar-refractivity contribution in [2.24, 2.45) is 0 Å². The monoisotopic (exact) mass is 177 g/mol. The van der Waals surface area contributed by atoms with Gasteiger partial charge in [0.25, 0.3) is 0 Å². The molecule has 0 aliphatic carbocycles. The van der Waals surface area contributed by atoms with Crippen molar-refractivity contribution in [3.8, 4) is 0 Å². The zero-order valence-electron chi connectivity index (χ0n) is 8.64. The molecule has 0 aromatic heterocycles. The largest absolute Gasteiger partial charge is 0.384 e. The highest BCUT2D eigenvalue weighted by molar-refractivity contribution is 5.39. The van der Waals surface area contributed by atoms with Crippen molar-refractivity contribution in [3.05, 3.63) is 48.7 Å². The quantitative estimate of drug-likeness (QED) is 0.683. The van der Waals surface area contributed by atoms with Crippen LogP contribution in [-0.2, 0) is 0 Å². The van der Waals surface area contributed by atoms with Crippen molar-refractivity contribution in [2.75, 3.05) is 6.54 Å². The highest BCUT2D eigenvalue weighted by Gasteiger charge is 1.98. The number of rotatable bonds is 2. The Balaban J connectivity index is 0.000000671. The molecule has 0 saturated heterocycles. The maximum absolute atomic E-state index is 3.73. The van der Waals surface area contributed by atoms with Crippen LogP contribution in [0.5, 0.6) is 0 Å². The van der Waals surface area contributed by atoms with Crippen LogP contribution in [0.25, 0.3) is 0 Å². The fraction of sp³-hybridized carbons (Fsp3) is 0.333. The Kier molecular flexibility index (Phi) is 6.70. The molecule has 0 bridgehead atoms. The first-order valence-corrected chi connectivity index (χ1v) is 4.78. The average Bonchev–Trinajstić information content (AvgIpc) is 2.44. The first kappa shape index (κ1) is 11.8. The lowest BCUT2D eigenvalue weighted by atomic mass is 10.2. The summed E-state index contributed by atoms with van der Waals surface area (Å²) >= 11 is 0. The van der Waals surface area contributed by atoms with Crippen molar-refractivity contribution < 1.29 is 0 Å². The third-order valence-electron chi connectivity index (χ3n) is 1.66. The van der Waals surface area contributed by atoms with Gasteiger partial charge < -0.3 is 5.32 Å². The van der Waals surface area contributed by atoms with Crippen LogP contribution in [0.15, 0.2) is 48.7 Å². The lowest BCUT2D eigenvalue weighted by Gasteiger charge is -2.04. The van der Waals surface area contributed by atoms with E-state index in [1.165, 1.54) is 0 Å². The van der Waals surface area contributed by atoms with Gasteiger partial charge in [0.2, 0.25) is 0 Å². The smallest absolute Gasteiger partial charge is 0.0407 e. The molecule has 0 atom stereocenters. The summed E-state index contributed by atoms with van der Waals surface area (Å²) < 4.78 is 0. The van der Waals surface area contributed by atoms with Crippen molar-refractivity contribution in [1.82, 2.24) is 5.32 Å². The van der Waals surface area contributed by atoms with Gasteiger partial charge in [0.15, 0.2) is 0 Å². The van der Waals surface area contributed by atoms with E-state index in [-0.39, 0.29) is 0 Å². The van der Waals surface area contributed by atoms with Gasteiger partial charge in [-0.15, -0.1) is 0 Å². The number of allylic oxidation sites excluding steroid dienone is 4. The summed E-state index contributed by atoms with van der Waals surface area (Å²) in [5, 5.41) is 3.26. The Morgan fingerprint density at radius 1 is 1.31 bits per heavy atom. The van der Waals surface area contributed by atoms with Crippen LogP contribution in [0.2, 0.25) is 0 Å². The normalized spacial score (nSPS) is 14.9. The first-order chi connectivity index (χ1) is 6.38. The highest BCUT2D eigenvalue weighted by Crippen LogP contribution is 2.09. The molecular weight excluding hydrogens is 158 g/mol. The van der Waals surface area contributed by atoms with Crippen LogP contribution < -0.4 is 5.32 Å². The fourth-order valence-electron chi connectivity index (χ4n) is 1.06. The van der Waals surface area contributed by atoms with Crippen LogP contribution in [0, 0.1) is 0 Å². The molecule has 1 aliphatic heterocycles. The Morgan fingerprint density at radius 2 is 2.00 bits per heavy atom. The minimum atomic E-state index is 0.981. The van der Waals surface area contributed by atoms with E-state index in [0.29, 0.717) is 0 Å². The molecule has 0 spiro atoms. The molecule has 1 heterocycles. The van der Waals surface area contributed by atoms with Crippen molar-refractivity contribution in [3.63, 3.8) is 0 Å². The SMILES string of the molecule is C=CC1=C(C=C)NCCC=C1.CC. The van der Waals surface area contributed by atoms with Gasteiger partial charge in [0, 0.05) is 12.2 Å². The molecule has 1 nitrogen and oxygen atoms in total. The minimum Gasteiger partial charge on any atom is -0.384 e. The van der Waals surface area contributed by atoms with E-state index in [4.69, 9.17) is 0 Å². The second kappa shape index (κ2) is 7.41. The van der Waals surface area contributed by atoms with Crippen molar-refractivity contribution >= 4 is 0 Å². The molecule has 72 valence electrons. The molecule has 1 aliphatic rings. The molecule has 1 heteroatoms. The second-order valence-electron chi connectivity index (χ2n) is 2.40. The summed E-state index contributed by atoms with van der Waals surface area (Å²) in [7, 11) is 0. The highest BCUT2D eigenvalue weighted by atomic mass is 14.9. The lowest BCUT2D eigenvalue weighted by Crippen LogP contribution is -2.12. The fourth-order valence-corrected chi connectivity index (χ4v) is 1.06. The second-order valence-corrected chi connectivity index (χ2v) is 2.40. The van der Waals surface area contributed by atoms with E-state index in [1.807, 2.05) is 26.0 Å². The van der Waals surface area contributed by atoms with E-state index in [1.54, 1.807) is 0 Å². The van der Waals surface area contributed by atoms with Gasteiger partial charge in [0.1, 0.15) is 0 Å². The van der Waals surface area contributed by atoms with Crippen molar-refractivity contribution in [2.45, 2.75) is 20.3 Å². The molecule has 13 heavy (non-hydrogen) atoms. The summed E-state index contributed by atoms with van der Waals surface area (Å²) in [4.78, 5) is 0. The van der Waals surface area contributed by atoms with Gasteiger partial charge in [-0.05, 0) is 18.1 Å². The van der Waals surface area contributed by atoms with Gasteiger partial charge in [-0.2, -0.15) is 0 Å². The van der Waals surface area contributed by atoms with Gasteiger partial charge >= 0.3 is 0 Å². The van der Waals surface area contributed by atoms with Gasteiger partial charge in [0.05, 0.1) is 0 Å². The predicted molar refractivity (Wildman–Crippen MR) is 60.5 cm³/mol. The Labute approximate surface area is 81.5 Å². The molecule has 1 N–H and O–H groups in total. The molecule has 0 unspecified atom stereocenters. The van der Waals surface area contributed by atoms with Crippen molar-refractivity contribution in [1.29, 1.82) is 0 Å². The Hall–Kier alpha value is -1.24. The van der Waals surface area contributed by atoms with Gasteiger partial charge in [-0.25, -0.2) is 0 Å². The average molecular weight is 177 g/mol. The summed E-state index contributed by atoms with van der Waals surface area (Å²) in [6, 6.07) is 0. The molecule has 0 amide bonds. The van der Waals surface area contributed by atoms with E-state index < -0.39 is 0 Å². The van der Waals surface area contributed by atoms with Crippen LogP contribution in [0.3, 0.4) is 0 Å². The summed E-state index contributed by atoms with van der Waals surface area (Å²) in [6.07, 6.45) is 8.94. The van der Waals surface area contributed by atoms with Gasteiger partial charge in [-0.3, -0.25) is 0 Å². The maximum Gasteiger partial charge on any atom is 0.0407 e. The third kappa shape index (κ3) is 3.79. The number of nitrogens with one attached hydrogen (secondary N) is 1. The predicted octanol–water partition coefficient (Wildman–Crippen LogP) is 3.19. The van der Waals surface area contributed by atoms with E-state index >= 15 is 0 Å². The topological polar surface area (TPSA) is 12.0 Å². The summed E-state index contributed by atoms with van der Waals surface area (Å²) in [5.41, 5.74) is 2.20. The molecule has 0 aromatic rings. The maximum atomic E-state index is 3.73. The molecule has 0 radical (unpaired) electrons. The zero-order chi connectivity index (χ0) is 10.1. The lowest BCUT2D eigenvalue weighted by molar-refractivity contribution is 0.827. The van der Waals surface area contributed by atoms with E-state index in [0.717, 1.165) is 24.2 Å². The molecule has 0 saturated carbocycles.